The predicted molar refractivity (Wildman–Crippen MR) is 82.4 cm³/mol. The fourth-order valence-electron chi connectivity index (χ4n) is 1.77. The van der Waals surface area contributed by atoms with Crippen molar-refractivity contribution in [3.63, 3.8) is 0 Å². The lowest BCUT2D eigenvalue weighted by Gasteiger charge is -2.08. The van der Waals surface area contributed by atoms with Crippen molar-refractivity contribution >= 4 is 51.6 Å². The Labute approximate surface area is 128 Å². The second-order valence-electron chi connectivity index (χ2n) is 4.08. The van der Waals surface area contributed by atoms with E-state index in [2.05, 4.69) is 24.5 Å². The SMILES string of the molecule is NNc1ccnc(C(=O)Nc2c(Cl)ccc3nsnc23)c1. The minimum atomic E-state index is -0.408. The van der Waals surface area contributed by atoms with E-state index >= 15 is 0 Å². The van der Waals surface area contributed by atoms with Gasteiger partial charge in [-0.15, -0.1) is 0 Å². The Morgan fingerprint density at radius 2 is 2.14 bits per heavy atom. The van der Waals surface area contributed by atoms with Gasteiger partial charge in [0.1, 0.15) is 16.7 Å². The molecule has 0 aliphatic carbocycles. The third kappa shape index (κ3) is 2.64. The summed E-state index contributed by atoms with van der Waals surface area (Å²) in [4.78, 5) is 16.3. The van der Waals surface area contributed by atoms with Gasteiger partial charge in [0, 0.05) is 6.20 Å². The predicted octanol–water partition coefficient (Wildman–Crippen LogP) is 2.28. The van der Waals surface area contributed by atoms with Crippen molar-refractivity contribution in [2.24, 2.45) is 5.84 Å². The van der Waals surface area contributed by atoms with Crippen molar-refractivity contribution in [2.45, 2.75) is 0 Å². The molecule has 7 nitrogen and oxygen atoms in total. The molecule has 2 aromatic heterocycles. The lowest BCUT2D eigenvalue weighted by molar-refractivity contribution is 0.102. The smallest absolute Gasteiger partial charge is 0.274 e. The molecular weight excluding hydrogens is 312 g/mol. The number of nitrogens with one attached hydrogen (secondary N) is 2. The summed E-state index contributed by atoms with van der Waals surface area (Å²) in [5, 5.41) is 3.09. The van der Waals surface area contributed by atoms with Crippen LogP contribution in [-0.2, 0) is 0 Å². The first kappa shape index (κ1) is 13.7. The van der Waals surface area contributed by atoms with E-state index in [-0.39, 0.29) is 5.69 Å². The first-order valence-corrected chi connectivity index (χ1v) is 6.94. The van der Waals surface area contributed by atoms with E-state index in [4.69, 9.17) is 17.4 Å². The standard InChI is InChI=1S/C12H9ClN6OS/c13-7-1-2-8-11(19-21-18-8)10(7)16-12(20)9-5-6(17-14)3-4-15-9/h1-5H,14H2,(H,15,17)(H,16,20). The first-order chi connectivity index (χ1) is 10.2. The summed E-state index contributed by atoms with van der Waals surface area (Å²) in [5.74, 6) is 4.90. The molecule has 3 rings (SSSR count). The van der Waals surface area contributed by atoms with Crippen molar-refractivity contribution in [2.75, 3.05) is 10.7 Å². The molecule has 1 amide bonds. The maximum Gasteiger partial charge on any atom is 0.274 e. The quantitative estimate of drug-likeness (QED) is 0.505. The lowest BCUT2D eigenvalue weighted by atomic mass is 10.2. The van der Waals surface area contributed by atoms with Gasteiger partial charge >= 0.3 is 0 Å². The number of carbonyl (C=O) groups excluding carboxylic acids is 1. The lowest BCUT2D eigenvalue weighted by Crippen LogP contribution is -2.15. The average Bonchev–Trinajstić information content (AvgIpc) is 2.99. The van der Waals surface area contributed by atoms with Crippen LogP contribution in [0.3, 0.4) is 0 Å². The van der Waals surface area contributed by atoms with Gasteiger partial charge in [-0.2, -0.15) is 8.75 Å². The molecular formula is C12H9ClN6OS. The zero-order chi connectivity index (χ0) is 14.8. The second kappa shape index (κ2) is 5.60. The molecule has 9 heteroatoms. The number of carbonyl (C=O) groups is 1. The van der Waals surface area contributed by atoms with Crippen molar-refractivity contribution in [1.29, 1.82) is 0 Å². The molecule has 0 unspecified atom stereocenters. The number of halogens is 1. The van der Waals surface area contributed by atoms with E-state index in [1.165, 1.54) is 12.3 Å². The molecule has 0 aliphatic heterocycles. The Balaban J connectivity index is 1.96. The minimum Gasteiger partial charge on any atom is -0.324 e. The van der Waals surface area contributed by atoms with Gasteiger partial charge in [-0.05, 0) is 24.3 Å². The molecule has 0 radical (unpaired) electrons. The molecule has 4 N–H and O–H groups in total. The molecule has 2 heterocycles. The number of nitrogens with zero attached hydrogens (tertiary/aromatic N) is 3. The molecule has 106 valence electrons. The van der Waals surface area contributed by atoms with Gasteiger partial charge in [0.2, 0.25) is 0 Å². The molecule has 1 aromatic carbocycles. The highest BCUT2D eigenvalue weighted by atomic mass is 35.5. The third-order valence-corrected chi connectivity index (χ3v) is 3.63. The fourth-order valence-corrected chi connectivity index (χ4v) is 2.51. The summed E-state index contributed by atoms with van der Waals surface area (Å²) in [6, 6.07) is 6.58. The van der Waals surface area contributed by atoms with Crippen LogP contribution in [0.25, 0.3) is 11.0 Å². The molecule has 21 heavy (non-hydrogen) atoms. The van der Waals surface area contributed by atoms with E-state index in [1.807, 2.05) is 0 Å². The van der Waals surface area contributed by atoms with Gasteiger partial charge in [0.05, 0.1) is 28.1 Å². The van der Waals surface area contributed by atoms with Gasteiger partial charge in [0.25, 0.3) is 5.91 Å². The molecule has 0 bridgehead atoms. The van der Waals surface area contributed by atoms with Crippen LogP contribution < -0.4 is 16.6 Å². The summed E-state index contributed by atoms with van der Waals surface area (Å²) < 4.78 is 8.24. The number of amides is 1. The minimum absolute atomic E-state index is 0.210. The number of aromatic nitrogens is 3. The topological polar surface area (TPSA) is 106 Å². The monoisotopic (exact) mass is 320 g/mol. The van der Waals surface area contributed by atoms with E-state index in [1.54, 1.807) is 18.2 Å². The van der Waals surface area contributed by atoms with Crippen LogP contribution in [-0.4, -0.2) is 19.6 Å². The van der Waals surface area contributed by atoms with Crippen molar-refractivity contribution in [3.8, 4) is 0 Å². The maximum atomic E-state index is 12.3. The Morgan fingerprint density at radius 3 is 2.95 bits per heavy atom. The van der Waals surface area contributed by atoms with Gasteiger partial charge in [-0.25, -0.2) is 0 Å². The molecule has 3 aromatic rings. The van der Waals surface area contributed by atoms with Crippen LogP contribution in [0, 0.1) is 0 Å². The molecule has 0 spiro atoms. The molecule has 0 saturated heterocycles. The van der Waals surface area contributed by atoms with E-state index < -0.39 is 5.91 Å². The van der Waals surface area contributed by atoms with Crippen molar-refractivity contribution in [1.82, 2.24) is 13.7 Å². The summed E-state index contributed by atoms with van der Waals surface area (Å²) in [5.41, 5.74) is 4.88. The Kier molecular flexibility index (Phi) is 3.65. The van der Waals surface area contributed by atoms with E-state index in [0.717, 1.165) is 11.7 Å². The number of nitrogen functional groups attached to an aromatic ring is 1. The number of pyridine rings is 1. The average molecular weight is 321 g/mol. The number of nitrogens with two attached hydrogens (primary N) is 1. The number of hydrazine groups is 1. The van der Waals surface area contributed by atoms with Crippen molar-refractivity contribution < 1.29 is 4.79 Å². The van der Waals surface area contributed by atoms with Gasteiger partial charge in [-0.3, -0.25) is 15.6 Å². The zero-order valence-electron chi connectivity index (χ0n) is 10.5. The van der Waals surface area contributed by atoms with E-state index in [0.29, 0.717) is 27.4 Å². The Hall–Kier alpha value is -2.29. The number of benzene rings is 1. The summed E-state index contributed by atoms with van der Waals surface area (Å²) >= 11 is 7.17. The maximum absolute atomic E-state index is 12.3. The number of anilines is 2. The molecule has 0 aliphatic rings. The van der Waals surface area contributed by atoms with Crippen LogP contribution in [0.1, 0.15) is 10.5 Å². The van der Waals surface area contributed by atoms with E-state index in [9.17, 15) is 4.79 Å². The second-order valence-corrected chi connectivity index (χ2v) is 5.02. The fraction of sp³-hybridized carbons (Fsp3) is 0. The Bertz CT molecular complexity index is 820. The number of hydrogen-bond donors (Lipinski definition) is 3. The Morgan fingerprint density at radius 1 is 1.29 bits per heavy atom. The van der Waals surface area contributed by atoms with Crippen LogP contribution in [0.2, 0.25) is 5.02 Å². The largest absolute Gasteiger partial charge is 0.324 e. The van der Waals surface area contributed by atoms with Gasteiger partial charge < -0.3 is 10.7 Å². The highest BCUT2D eigenvalue weighted by molar-refractivity contribution is 7.00. The summed E-state index contributed by atoms with van der Waals surface area (Å²) in [6.45, 7) is 0. The summed E-state index contributed by atoms with van der Waals surface area (Å²) in [6.07, 6.45) is 1.48. The normalized spacial score (nSPS) is 10.6. The highest BCUT2D eigenvalue weighted by Gasteiger charge is 2.15. The number of fused-ring (bicyclic) bond motifs is 1. The number of hydrogen-bond acceptors (Lipinski definition) is 7. The van der Waals surface area contributed by atoms with Crippen molar-refractivity contribution in [3.05, 3.63) is 41.2 Å². The molecule has 0 atom stereocenters. The zero-order valence-corrected chi connectivity index (χ0v) is 12.1. The van der Waals surface area contributed by atoms with Crippen LogP contribution in [0.15, 0.2) is 30.5 Å². The highest BCUT2D eigenvalue weighted by Crippen LogP contribution is 2.30. The van der Waals surface area contributed by atoms with Gasteiger partial charge in [-0.1, -0.05) is 11.6 Å². The molecule has 0 fully saturated rings. The van der Waals surface area contributed by atoms with Crippen LogP contribution in [0.5, 0.6) is 0 Å². The first-order valence-electron chi connectivity index (χ1n) is 5.84. The number of rotatable bonds is 3. The van der Waals surface area contributed by atoms with Crippen LogP contribution in [0.4, 0.5) is 11.4 Å². The third-order valence-electron chi connectivity index (χ3n) is 2.77. The van der Waals surface area contributed by atoms with Gasteiger partial charge in [0.15, 0.2) is 0 Å². The molecule has 0 saturated carbocycles. The van der Waals surface area contributed by atoms with Crippen LogP contribution >= 0.6 is 23.3 Å². The summed E-state index contributed by atoms with van der Waals surface area (Å²) in [7, 11) is 0.